The van der Waals surface area contributed by atoms with Gasteiger partial charge in [0, 0.05) is 25.8 Å². The highest BCUT2D eigenvalue weighted by Gasteiger charge is 2.15. The molecular formula is C14H19ClN2O3S. The fourth-order valence-electron chi connectivity index (χ4n) is 1.60. The summed E-state index contributed by atoms with van der Waals surface area (Å²) in [6.45, 7) is 2.81. The summed E-state index contributed by atoms with van der Waals surface area (Å²) in [4.78, 5) is 12.0. The molecule has 1 amide bonds. The molecule has 7 heteroatoms. The molecular weight excluding hydrogens is 312 g/mol. The van der Waals surface area contributed by atoms with Gasteiger partial charge in [-0.15, -0.1) is 0 Å². The number of carbonyl (C=O) groups is 1. The third kappa shape index (κ3) is 5.87. The number of ether oxygens (including phenoxy) is 2. The zero-order valence-electron chi connectivity index (χ0n) is 12.0. The number of thiocarbonyl (C=S) groups is 1. The molecule has 0 aliphatic rings. The van der Waals surface area contributed by atoms with Crippen molar-refractivity contribution in [2.75, 3.05) is 20.3 Å². The van der Waals surface area contributed by atoms with Crippen molar-refractivity contribution in [1.82, 2.24) is 5.32 Å². The lowest BCUT2D eigenvalue weighted by molar-refractivity contribution is -0.127. The average Bonchev–Trinajstić information content (AvgIpc) is 2.43. The molecule has 1 aromatic carbocycles. The Bertz CT molecular complexity index is 511. The molecule has 0 saturated heterocycles. The summed E-state index contributed by atoms with van der Waals surface area (Å²) in [6, 6.07) is 4.93. The topological polar surface area (TPSA) is 73.6 Å². The molecule has 3 N–H and O–H groups in total. The minimum atomic E-state index is -0.626. The van der Waals surface area contributed by atoms with E-state index in [0.717, 1.165) is 6.42 Å². The number of methoxy groups -OCH3 is 1. The molecule has 1 rings (SSSR count). The number of nitrogens with one attached hydrogen (secondary N) is 1. The number of amides is 1. The highest BCUT2D eigenvalue weighted by Crippen LogP contribution is 2.23. The molecule has 0 spiro atoms. The SMILES string of the molecule is COCCCNC(=O)C(C)Oc1ccc(C(N)=S)c(Cl)c1. The molecule has 0 aliphatic carbocycles. The van der Waals surface area contributed by atoms with Crippen molar-refractivity contribution in [3.63, 3.8) is 0 Å². The van der Waals surface area contributed by atoms with Gasteiger partial charge in [-0.25, -0.2) is 0 Å². The van der Waals surface area contributed by atoms with E-state index < -0.39 is 6.10 Å². The van der Waals surface area contributed by atoms with Crippen molar-refractivity contribution in [1.29, 1.82) is 0 Å². The number of halogens is 1. The van der Waals surface area contributed by atoms with Crippen LogP contribution in [0, 0.1) is 0 Å². The number of hydrogen-bond acceptors (Lipinski definition) is 4. The number of carbonyl (C=O) groups excluding carboxylic acids is 1. The van der Waals surface area contributed by atoms with Crippen LogP contribution in [0.15, 0.2) is 18.2 Å². The van der Waals surface area contributed by atoms with Crippen LogP contribution in [-0.4, -0.2) is 37.3 Å². The van der Waals surface area contributed by atoms with Gasteiger partial charge in [-0.2, -0.15) is 0 Å². The maximum atomic E-state index is 11.8. The molecule has 1 unspecified atom stereocenters. The molecule has 5 nitrogen and oxygen atoms in total. The van der Waals surface area contributed by atoms with Crippen molar-refractivity contribution in [2.45, 2.75) is 19.4 Å². The summed E-state index contributed by atoms with van der Waals surface area (Å²) in [6.07, 6.45) is 0.128. The lowest BCUT2D eigenvalue weighted by Gasteiger charge is -2.15. The molecule has 0 aliphatic heterocycles. The standard InChI is InChI=1S/C14H19ClN2O3S/c1-9(14(18)17-6-3-7-19-2)20-10-4-5-11(13(16)21)12(15)8-10/h4-5,8-9H,3,6-7H2,1-2H3,(H2,16,21)(H,17,18). The summed E-state index contributed by atoms with van der Waals surface area (Å²) in [5.41, 5.74) is 6.10. The number of nitrogens with two attached hydrogens (primary N) is 1. The van der Waals surface area contributed by atoms with E-state index in [1.165, 1.54) is 0 Å². The van der Waals surface area contributed by atoms with Gasteiger partial charge in [0.05, 0.1) is 5.02 Å². The van der Waals surface area contributed by atoms with E-state index in [9.17, 15) is 4.79 Å². The number of benzene rings is 1. The van der Waals surface area contributed by atoms with Crippen LogP contribution in [-0.2, 0) is 9.53 Å². The van der Waals surface area contributed by atoms with E-state index in [-0.39, 0.29) is 10.9 Å². The molecule has 1 aromatic rings. The Balaban J connectivity index is 2.54. The van der Waals surface area contributed by atoms with Crippen LogP contribution >= 0.6 is 23.8 Å². The minimum absolute atomic E-state index is 0.194. The maximum absolute atomic E-state index is 11.8. The summed E-state index contributed by atoms with van der Waals surface area (Å²) < 4.78 is 10.4. The second-order valence-corrected chi connectivity index (χ2v) is 5.25. The second-order valence-electron chi connectivity index (χ2n) is 4.40. The second kappa shape index (κ2) is 8.81. The first-order valence-electron chi connectivity index (χ1n) is 6.48. The van der Waals surface area contributed by atoms with Crippen LogP contribution in [0.1, 0.15) is 18.9 Å². The monoisotopic (exact) mass is 330 g/mol. The largest absolute Gasteiger partial charge is 0.481 e. The lowest BCUT2D eigenvalue weighted by atomic mass is 10.2. The van der Waals surface area contributed by atoms with E-state index in [4.69, 9.17) is 39.0 Å². The van der Waals surface area contributed by atoms with E-state index in [1.54, 1.807) is 32.2 Å². The summed E-state index contributed by atoms with van der Waals surface area (Å²) in [5.74, 6) is 0.292. The predicted octanol–water partition coefficient (Wildman–Crippen LogP) is 1.89. The van der Waals surface area contributed by atoms with Gasteiger partial charge in [0.1, 0.15) is 10.7 Å². The van der Waals surface area contributed by atoms with E-state index in [0.29, 0.717) is 29.5 Å². The Morgan fingerprint density at radius 1 is 1.52 bits per heavy atom. The molecule has 21 heavy (non-hydrogen) atoms. The maximum Gasteiger partial charge on any atom is 0.260 e. The van der Waals surface area contributed by atoms with Crippen molar-refractivity contribution in [3.8, 4) is 5.75 Å². The fraction of sp³-hybridized carbons (Fsp3) is 0.429. The Labute approximate surface area is 134 Å². The normalized spacial score (nSPS) is 11.8. The summed E-state index contributed by atoms with van der Waals surface area (Å²) >= 11 is 10.9. The molecule has 0 aromatic heterocycles. The molecule has 0 fully saturated rings. The van der Waals surface area contributed by atoms with E-state index in [1.807, 2.05) is 0 Å². The van der Waals surface area contributed by atoms with Gasteiger partial charge in [-0.3, -0.25) is 4.79 Å². The van der Waals surface area contributed by atoms with Crippen molar-refractivity contribution in [3.05, 3.63) is 28.8 Å². The van der Waals surface area contributed by atoms with Crippen LogP contribution < -0.4 is 15.8 Å². The highest BCUT2D eigenvalue weighted by molar-refractivity contribution is 7.80. The van der Waals surface area contributed by atoms with Crippen LogP contribution in [0.3, 0.4) is 0 Å². The lowest BCUT2D eigenvalue weighted by Crippen LogP contribution is -2.37. The minimum Gasteiger partial charge on any atom is -0.481 e. The zero-order chi connectivity index (χ0) is 15.8. The highest BCUT2D eigenvalue weighted by atomic mass is 35.5. The van der Waals surface area contributed by atoms with Gasteiger partial charge in [-0.05, 0) is 31.5 Å². The fourth-order valence-corrected chi connectivity index (χ4v) is 2.10. The van der Waals surface area contributed by atoms with Crippen LogP contribution in [0.25, 0.3) is 0 Å². The average molecular weight is 331 g/mol. The van der Waals surface area contributed by atoms with E-state index in [2.05, 4.69) is 5.32 Å². The van der Waals surface area contributed by atoms with Crippen LogP contribution in [0.2, 0.25) is 5.02 Å². The first kappa shape index (κ1) is 17.7. The molecule has 0 radical (unpaired) electrons. The van der Waals surface area contributed by atoms with E-state index >= 15 is 0 Å². The van der Waals surface area contributed by atoms with Gasteiger partial charge in [0.15, 0.2) is 6.10 Å². The third-order valence-electron chi connectivity index (χ3n) is 2.71. The Hall–Kier alpha value is -1.37. The van der Waals surface area contributed by atoms with Gasteiger partial charge in [0.2, 0.25) is 0 Å². The van der Waals surface area contributed by atoms with Crippen LogP contribution in [0.5, 0.6) is 5.75 Å². The molecule has 0 heterocycles. The number of rotatable bonds is 8. The Morgan fingerprint density at radius 3 is 2.81 bits per heavy atom. The molecule has 0 bridgehead atoms. The van der Waals surface area contributed by atoms with Crippen molar-refractivity contribution in [2.24, 2.45) is 5.73 Å². The first-order chi connectivity index (χ1) is 9.95. The molecule has 116 valence electrons. The van der Waals surface area contributed by atoms with Gasteiger partial charge < -0.3 is 20.5 Å². The van der Waals surface area contributed by atoms with Gasteiger partial charge >= 0.3 is 0 Å². The third-order valence-corrected chi connectivity index (χ3v) is 3.25. The first-order valence-corrected chi connectivity index (χ1v) is 7.27. The smallest absolute Gasteiger partial charge is 0.260 e. The van der Waals surface area contributed by atoms with Gasteiger partial charge in [0.25, 0.3) is 5.91 Å². The zero-order valence-corrected chi connectivity index (χ0v) is 13.6. The Morgan fingerprint density at radius 2 is 2.24 bits per heavy atom. The van der Waals surface area contributed by atoms with Crippen molar-refractivity contribution < 1.29 is 14.3 Å². The quantitative estimate of drug-likeness (QED) is 0.562. The molecule has 1 atom stereocenters. The van der Waals surface area contributed by atoms with Crippen molar-refractivity contribution >= 4 is 34.7 Å². The summed E-state index contributed by atoms with van der Waals surface area (Å²) in [5, 5.41) is 3.16. The Kier molecular flexibility index (Phi) is 7.42. The number of hydrogen-bond donors (Lipinski definition) is 2. The summed E-state index contributed by atoms with van der Waals surface area (Å²) in [7, 11) is 1.62. The van der Waals surface area contributed by atoms with Crippen LogP contribution in [0.4, 0.5) is 0 Å². The predicted molar refractivity (Wildman–Crippen MR) is 86.9 cm³/mol. The molecule has 0 saturated carbocycles. The van der Waals surface area contributed by atoms with Gasteiger partial charge in [-0.1, -0.05) is 23.8 Å².